The topological polar surface area (TPSA) is 78.5 Å². The van der Waals surface area contributed by atoms with Crippen LogP contribution in [0.1, 0.15) is 11.1 Å². The van der Waals surface area contributed by atoms with Gasteiger partial charge < -0.3 is 10.6 Å². The lowest BCUT2D eigenvalue weighted by Gasteiger charge is -2.30. The van der Waals surface area contributed by atoms with Crippen LogP contribution in [0.25, 0.3) is 0 Å². The molecule has 1 saturated heterocycles. The van der Waals surface area contributed by atoms with Gasteiger partial charge in [-0.05, 0) is 42.5 Å². The summed E-state index contributed by atoms with van der Waals surface area (Å²) in [7, 11) is 0. The Morgan fingerprint density at radius 1 is 0.938 bits per heavy atom. The highest BCUT2D eigenvalue weighted by molar-refractivity contribution is 6.23. The number of carbonyl (C=O) groups excluding carboxylic acids is 3. The molecule has 0 aliphatic carbocycles. The van der Waals surface area contributed by atoms with Crippen LogP contribution < -0.4 is 15.5 Å². The van der Waals surface area contributed by atoms with Gasteiger partial charge in [-0.3, -0.25) is 9.59 Å². The van der Waals surface area contributed by atoms with Gasteiger partial charge >= 0.3 is 18.4 Å². The maximum atomic E-state index is 13.1. The van der Waals surface area contributed by atoms with Crippen molar-refractivity contribution in [2.24, 2.45) is 5.92 Å². The maximum absolute atomic E-state index is 13.1. The molecule has 1 atom stereocenters. The number of hydrogen-bond donors (Lipinski definition) is 2. The zero-order valence-electron chi connectivity index (χ0n) is 15.6. The van der Waals surface area contributed by atoms with Gasteiger partial charge in [0, 0.05) is 12.2 Å². The summed E-state index contributed by atoms with van der Waals surface area (Å²) >= 11 is 0. The van der Waals surface area contributed by atoms with Crippen LogP contribution in [-0.4, -0.2) is 24.4 Å². The quantitative estimate of drug-likeness (QED) is 0.530. The van der Waals surface area contributed by atoms with Crippen molar-refractivity contribution in [1.29, 1.82) is 0 Å². The average molecular weight is 463 g/mol. The number of nitrogens with zero attached hydrogens (tertiary/aromatic N) is 1. The standard InChI is InChI=1S/C19H12F7N3O3/c20-11-1-3-13(4-2-11)29-16(31)14(8-27-17(29)32)15(30)28-12-6-9(18(21,22)23)5-10(7-12)19(24,25)26/h1-7,14H,8H2,(H,27,32)(H,28,30). The predicted octanol–water partition coefficient (Wildman–Crippen LogP) is 4.17. The minimum atomic E-state index is -5.13. The molecule has 1 aliphatic heterocycles. The van der Waals surface area contributed by atoms with Crippen molar-refractivity contribution in [3.8, 4) is 0 Å². The van der Waals surface area contributed by atoms with Crippen molar-refractivity contribution >= 4 is 29.2 Å². The van der Waals surface area contributed by atoms with E-state index in [1.165, 1.54) is 0 Å². The van der Waals surface area contributed by atoms with Crippen molar-refractivity contribution in [2.45, 2.75) is 12.4 Å². The first kappa shape index (κ1) is 23.0. The van der Waals surface area contributed by atoms with Gasteiger partial charge in [-0.2, -0.15) is 26.3 Å². The average Bonchev–Trinajstić information content (AvgIpc) is 2.68. The molecule has 2 aromatic carbocycles. The van der Waals surface area contributed by atoms with E-state index < -0.39 is 65.3 Å². The molecule has 1 aliphatic rings. The molecule has 2 N–H and O–H groups in total. The molecule has 2 aromatic rings. The van der Waals surface area contributed by atoms with Crippen LogP contribution in [-0.2, 0) is 21.9 Å². The van der Waals surface area contributed by atoms with Crippen molar-refractivity contribution < 1.29 is 45.1 Å². The second kappa shape index (κ2) is 8.13. The van der Waals surface area contributed by atoms with E-state index in [0.29, 0.717) is 4.90 Å². The molecule has 0 aromatic heterocycles. The van der Waals surface area contributed by atoms with Crippen LogP contribution in [0.2, 0.25) is 0 Å². The fourth-order valence-electron chi connectivity index (χ4n) is 2.91. The Kier molecular flexibility index (Phi) is 5.85. The Balaban J connectivity index is 1.88. The van der Waals surface area contributed by atoms with Crippen molar-refractivity contribution in [1.82, 2.24) is 5.32 Å². The number of benzene rings is 2. The minimum absolute atomic E-state index is 0.0928. The van der Waals surface area contributed by atoms with Crippen LogP contribution in [0.15, 0.2) is 42.5 Å². The number of anilines is 2. The summed E-state index contributed by atoms with van der Waals surface area (Å²) in [5.41, 5.74) is -4.24. The van der Waals surface area contributed by atoms with Gasteiger partial charge in [0.2, 0.25) is 11.8 Å². The molecule has 1 heterocycles. The molecule has 0 radical (unpaired) electrons. The van der Waals surface area contributed by atoms with Gasteiger partial charge in [-0.25, -0.2) is 14.1 Å². The number of urea groups is 1. The molecular formula is C19H12F7N3O3. The van der Waals surface area contributed by atoms with E-state index >= 15 is 0 Å². The van der Waals surface area contributed by atoms with Gasteiger partial charge in [-0.15, -0.1) is 0 Å². The van der Waals surface area contributed by atoms with Gasteiger partial charge in [0.1, 0.15) is 11.7 Å². The summed E-state index contributed by atoms with van der Waals surface area (Å²) in [5, 5.41) is 4.08. The first-order chi connectivity index (χ1) is 14.8. The molecule has 1 fully saturated rings. The number of hydrogen-bond acceptors (Lipinski definition) is 3. The van der Waals surface area contributed by atoms with Crippen molar-refractivity contribution in [2.75, 3.05) is 16.8 Å². The zero-order chi connectivity index (χ0) is 23.8. The molecule has 6 nitrogen and oxygen atoms in total. The minimum Gasteiger partial charge on any atom is -0.336 e. The van der Waals surface area contributed by atoms with Crippen LogP contribution >= 0.6 is 0 Å². The highest BCUT2D eigenvalue weighted by Gasteiger charge is 2.41. The van der Waals surface area contributed by atoms with Crippen LogP contribution in [0.5, 0.6) is 0 Å². The highest BCUT2D eigenvalue weighted by atomic mass is 19.4. The second-order valence-corrected chi connectivity index (χ2v) is 6.67. The number of rotatable bonds is 3. The lowest BCUT2D eigenvalue weighted by molar-refractivity contribution is -0.143. The summed E-state index contributed by atoms with van der Waals surface area (Å²) < 4.78 is 91.0. The van der Waals surface area contributed by atoms with Crippen LogP contribution in [0.3, 0.4) is 0 Å². The summed E-state index contributed by atoms with van der Waals surface area (Å²) in [4.78, 5) is 37.7. The first-order valence-corrected chi connectivity index (χ1v) is 8.75. The monoisotopic (exact) mass is 463 g/mol. The van der Waals surface area contributed by atoms with Gasteiger partial charge in [0.15, 0.2) is 0 Å². The third-order valence-electron chi connectivity index (χ3n) is 4.44. The first-order valence-electron chi connectivity index (χ1n) is 8.75. The molecule has 170 valence electrons. The normalized spacial score (nSPS) is 17.2. The summed E-state index contributed by atoms with van der Waals surface area (Å²) in [6.45, 7) is -0.549. The number of nitrogens with one attached hydrogen (secondary N) is 2. The highest BCUT2D eigenvalue weighted by Crippen LogP contribution is 2.37. The molecule has 1 unspecified atom stereocenters. The van der Waals surface area contributed by atoms with E-state index in [1.807, 2.05) is 5.32 Å². The maximum Gasteiger partial charge on any atom is 0.416 e. The predicted molar refractivity (Wildman–Crippen MR) is 95.9 cm³/mol. The van der Waals surface area contributed by atoms with Gasteiger partial charge in [-0.1, -0.05) is 0 Å². The summed E-state index contributed by atoms with van der Waals surface area (Å²) in [6.07, 6.45) is -10.3. The Labute approximate surface area is 175 Å². The second-order valence-electron chi connectivity index (χ2n) is 6.67. The fourth-order valence-corrected chi connectivity index (χ4v) is 2.91. The number of imide groups is 1. The molecule has 32 heavy (non-hydrogen) atoms. The lowest BCUT2D eigenvalue weighted by atomic mass is 10.0. The van der Waals surface area contributed by atoms with Gasteiger partial charge in [0.25, 0.3) is 0 Å². The fraction of sp³-hybridized carbons (Fsp3) is 0.211. The number of halogens is 7. The Morgan fingerprint density at radius 2 is 1.47 bits per heavy atom. The summed E-state index contributed by atoms with van der Waals surface area (Å²) in [5.74, 6) is -4.67. The Hall–Kier alpha value is -3.64. The van der Waals surface area contributed by atoms with E-state index in [2.05, 4.69) is 5.32 Å². The smallest absolute Gasteiger partial charge is 0.336 e. The van der Waals surface area contributed by atoms with E-state index in [0.717, 1.165) is 24.3 Å². The number of carbonyl (C=O) groups is 3. The molecule has 3 rings (SSSR count). The Morgan fingerprint density at radius 3 is 1.97 bits per heavy atom. The molecule has 0 spiro atoms. The molecule has 0 bridgehead atoms. The zero-order valence-corrected chi connectivity index (χ0v) is 15.6. The van der Waals surface area contributed by atoms with E-state index in [1.54, 1.807) is 0 Å². The third-order valence-corrected chi connectivity index (χ3v) is 4.44. The molecule has 0 saturated carbocycles. The summed E-state index contributed by atoms with van der Waals surface area (Å²) in [6, 6.07) is 3.57. The molecule has 4 amide bonds. The lowest BCUT2D eigenvalue weighted by Crippen LogP contribution is -2.58. The largest absolute Gasteiger partial charge is 0.416 e. The number of amides is 4. The van der Waals surface area contributed by atoms with Crippen LogP contribution in [0, 0.1) is 11.7 Å². The van der Waals surface area contributed by atoms with E-state index in [-0.39, 0.29) is 23.9 Å². The van der Waals surface area contributed by atoms with Crippen molar-refractivity contribution in [3.63, 3.8) is 0 Å². The SMILES string of the molecule is O=C(Nc1cc(C(F)(F)F)cc(C(F)(F)F)c1)C1CNC(=O)N(c2ccc(F)cc2)C1=O. The van der Waals surface area contributed by atoms with Crippen molar-refractivity contribution in [3.05, 3.63) is 59.4 Å². The molecule has 13 heteroatoms. The van der Waals surface area contributed by atoms with E-state index in [4.69, 9.17) is 0 Å². The Bertz CT molecular complexity index is 1030. The molecular weight excluding hydrogens is 451 g/mol. The van der Waals surface area contributed by atoms with E-state index in [9.17, 15) is 45.1 Å². The third kappa shape index (κ3) is 4.81. The number of alkyl halides is 6. The van der Waals surface area contributed by atoms with Crippen LogP contribution in [0.4, 0.5) is 46.9 Å². The van der Waals surface area contributed by atoms with Gasteiger partial charge in [0.05, 0.1) is 16.8 Å².